The summed E-state index contributed by atoms with van der Waals surface area (Å²) in [7, 11) is -11.2. The minimum atomic E-state index is -6.01. The molecule has 0 unspecified atom stereocenters. The molecule has 6 nitrogen and oxygen atoms in total. The topological polar surface area (TPSA) is 101 Å². The van der Waals surface area contributed by atoms with Crippen molar-refractivity contribution in [3.8, 4) is 0 Å². The van der Waals surface area contributed by atoms with Gasteiger partial charge in [0.1, 0.15) is 0 Å². The number of hydrogen-bond acceptors (Lipinski definition) is 6. The Morgan fingerprint density at radius 2 is 1.50 bits per heavy atom. The van der Waals surface area contributed by atoms with Gasteiger partial charge in [-0.15, -0.1) is 0 Å². The van der Waals surface area contributed by atoms with Gasteiger partial charge in [-0.05, 0) is 0 Å². The summed E-state index contributed by atoms with van der Waals surface area (Å²) >= 11 is -2.07. The van der Waals surface area contributed by atoms with E-state index in [-0.39, 0.29) is 29.6 Å². The second-order valence-electron chi connectivity index (χ2n) is 1.40. The third-order valence-corrected chi connectivity index (χ3v) is 3.60. The van der Waals surface area contributed by atoms with Gasteiger partial charge in [-0.3, -0.25) is 0 Å². The van der Waals surface area contributed by atoms with Crippen LogP contribution in [0.2, 0.25) is 0 Å². The summed E-state index contributed by atoms with van der Waals surface area (Å²) in [6.07, 6.45) is 0. The number of rotatable bonds is 3. The first-order valence-corrected chi connectivity index (χ1v) is 6.56. The molecule has 0 saturated heterocycles. The van der Waals surface area contributed by atoms with Gasteiger partial charge in [0.15, 0.2) is 0 Å². The first kappa shape index (κ1) is 17.5. The monoisotopic (exact) mass is 308 g/mol. The van der Waals surface area contributed by atoms with Crippen LogP contribution in [0.5, 0.6) is 0 Å². The van der Waals surface area contributed by atoms with Crippen molar-refractivity contribution in [2.75, 3.05) is 0 Å². The Hall–Kier alpha value is 1.13. The van der Waals surface area contributed by atoms with Crippen LogP contribution in [0, 0.1) is 0 Å². The van der Waals surface area contributed by atoms with Crippen LogP contribution in [0.3, 0.4) is 0 Å². The summed E-state index contributed by atoms with van der Waals surface area (Å²) in [6, 6.07) is 0. The summed E-state index contributed by atoms with van der Waals surface area (Å²) in [4.78, 5) is 0. The summed E-state index contributed by atoms with van der Waals surface area (Å²) in [5.74, 6) is 0. The fourth-order valence-electron chi connectivity index (χ4n) is 0.0945. The van der Waals surface area contributed by atoms with E-state index in [0.29, 0.717) is 0 Å². The molecule has 0 fully saturated rings. The van der Waals surface area contributed by atoms with Crippen molar-refractivity contribution >= 4 is 18.7 Å². The predicted octanol–water partition coefficient (Wildman–Crippen LogP) is -3.69. The zero-order chi connectivity index (χ0) is 10.9. The number of halogens is 3. The van der Waals surface area contributed by atoms with E-state index >= 15 is 0 Å². The van der Waals surface area contributed by atoms with Crippen molar-refractivity contribution in [1.82, 2.24) is 0 Å². The number of alkyl halides is 3. The molecule has 0 aromatic heterocycles. The molecule has 0 aromatic carbocycles. The largest absolute Gasteiger partial charge is 1.00 e. The maximum absolute atomic E-state index is 11.4. The molecule has 0 N–H and O–H groups in total. The van der Waals surface area contributed by atoms with E-state index in [1.165, 1.54) is 0 Å². The summed E-state index contributed by atoms with van der Waals surface area (Å²) in [5, 5.41) is 0. The van der Waals surface area contributed by atoms with Crippen molar-refractivity contribution < 1.29 is 81.5 Å². The Bertz CT molecular complexity index is 368. The van der Waals surface area contributed by atoms with Gasteiger partial charge < -0.3 is 0 Å². The summed E-state index contributed by atoms with van der Waals surface area (Å²) < 4.78 is 86.1. The first-order chi connectivity index (χ1) is 5.46. The van der Waals surface area contributed by atoms with Crippen LogP contribution in [0.25, 0.3) is 0 Å². The van der Waals surface area contributed by atoms with Crippen LogP contribution in [0.1, 0.15) is 0 Å². The van der Waals surface area contributed by atoms with Crippen LogP contribution < -0.4 is 29.6 Å². The van der Waals surface area contributed by atoms with Gasteiger partial charge in [-0.2, -0.15) is 0 Å². The third kappa shape index (κ3) is 6.58. The molecular formula is CF3FeNaO6S2. The molecule has 14 heavy (non-hydrogen) atoms. The van der Waals surface area contributed by atoms with E-state index in [2.05, 4.69) is 3.27 Å². The Kier molecular flexibility index (Phi) is 6.83. The molecule has 0 aliphatic rings. The Morgan fingerprint density at radius 1 is 1.14 bits per heavy atom. The molecule has 0 spiro atoms. The van der Waals surface area contributed by atoms with Crippen molar-refractivity contribution in [2.24, 2.45) is 0 Å². The molecule has 0 aromatic rings. The molecule has 13 heteroatoms. The van der Waals surface area contributed by atoms with Crippen molar-refractivity contribution in [3.05, 3.63) is 0 Å². The minimum Gasteiger partial charge on any atom is 1.00 e. The molecular weight excluding hydrogens is 308 g/mol. The molecule has 0 aliphatic carbocycles. The van der Waals surface area contributed by atoms with Gasteiger partial charge in [-0.1, -0.05) is 0 Å². The second kappa shape index (κ2) is 5.46. The van der Waals surface area contributed by atoms with Gasteiger partial charge in [-0.25, -0.2) is 0 Å². The average Bonchev–Trinajstić information content (AvgIpc) is 1.79. The molecule has 0 radical (unpaired) electrons. The standard InChI is InChI=1S/CHF3O3S.Fe.Na.O3S/c2-1(3,4)8(5,6)7;;;1-4(2)3/h(H,5,6,7);;;/q;2*+1;-1/p-1. The van der Waals surface area contributed by atoms with Crippen LogP contribution in [-0.2, 0) is 36.1 Å². The smallest absolute Gasteiger partial charge is 1.00 e. The normalized spacial score (nSPS) is 13.7. The van der Waals surface area contributed by atoms with E-state index in [9.17, 15) is 34.6 Å². The number of hydrogen-bond donors (Lipinski definition) is 0. The molecule has 0 heterocycles. The molecule has 0 bridgehead atoms. The Balaban J connectivity index is 0. The van der Waals surface area contributed by atoms with Gasteiger partial charge in [0, 0.05) is 0 Å². The van der Waals surface area contributed by atoms with Crippen LogP contribution in [-0.4, -0.2) is 26.9 Å². The maximum Gasteiger partial charge on any atom is 1.00 e. The fourth-order valence-corrected chi connectivity index (χ4v) is 2.68. The maximum atomic E-state index is 11.4. The zero-order valence-electron chi connectivity index (χ0n) is 6.25. The van der Waals surface area contributed by atoms with Crippen LogP contribution in [0.15, 0.2) is 0 Å². The van der Waals surface area contributed by atoms with Gasteiger partial charge >= 0.3 is 106 Å². The van der Waals surface area contributed by atoms with Crippen LogP contribution >= 0.6 is 0 Å². The summed E-state index contributed by atoms with van der Waals surface area (Å²) in [6.45, 7) is 0. The van der Waals surface area contributed by atoms with E-state index in [0.717, 1.165) is 0 Å². The van der Waals surface area contributed by atoms with Crippen LogP contribution in [0.4, 0.5) is 13.2 Å². The van der Waals surface area contributed by atoms with Gasteiger partial charge in [0.25, 0.3) is 0 Å². The minimum absolute atomic E-state index is 0. The quantitative estimate of drug-likeness (QED) is 0.302. The van der Waals surface area contributed by atoms with Gasteiger partial charge in [0.2, 0.25) is 0 Å². The van der Waals surface area contributed by atoms with Crippen molar-refractivity contribution in [3.63, 3.8) is 0 Å². The SMILES string of the molecule is O=[S](=O)([O-])[Fe][O]S(=O)(=O)C(F)(F)F.[Na+]. The van der Waals surface area contributed by atoms with E-state index in [1.54, 1.807) is 0 Å². The van der Waals surface area contributed by atoms with Crippen molar-refractivity contribution in [2.45, 2.75) is 5.51 Å². The molecule has 0 atom stereocenters. The molecule has 0 saturated carbocycles. The second-order valence-corrected chi connectivity index (χ2v) is 6.53. The van der Waals surface area contributed by atoms with Gasteiger partial charge in [0.05, 0.1) is 0 Å². The van der Waals surface area contributed by atoms with E-state index in [4.69, 9.17) is 0 Å². The van der Waals surface area contributed by atoms with Crippen molar-refractivity contribution in [1.29, 1.82) is 0 Å². The van der Waals surface area contributed by atoms with E-state index in [1.807, 2.05) is 0 Å². The Labute approximate surface area is 105 Å². The molecule has 82 valence electrons. The zero-order valence-corrected chi connectivity index (χ0v) is 11.0. The fraction of sp³-hybridized carbons (Fsp3) is 1.00. The van der Waals surface area contributed by atoms with E-state index < -0.39 is 38.3 Å². The molecule has 0 amide bonds. The third-order valence-electron chi connectivity index (χ3n) is 0.457. The molecule has 0 rings (SSSR count). The predicted molar refractivity (Wildman–Crippen MR) is 25.8 cm³/mol. The average molecular weight is 308 g/mol. The summed E-state index contributed by atoms with van der Waals surface area (Å²) in [5.41, 5.74) is -5.74. The molecule has 0 aliphatic heterocycles. The first-order valence-electron chi connectivity index (χ1n) is 2.06. The Morgan fingerprint density at radius 3 is 1.71 bits per heavy atom.